The molecule has 37 heavy (non-hydrogen) atoms. The molecule has 2 heterocycles. The van der Waals surface area contributed by atoms with Crippen LogP contribution in [0.25, 0.3) is 0 Å². The van der Waals surface area contributed by atoms with Gasteiger partial charge in [-0.3, -0.25) is 14.9 Å². The molecule has 10 heteroatoms. The van der Waals surface area contributed by atoms with Gasteiger partial charge in [-0.2, -0.15) is 0 Å². The van der Waals surface area contributed by atoms with Gasteiger partial charge in [0.15, 0.2) is 0 Å². The van der Waals surface area contributed by atoms with Crippen molar-refractivity contribution in [2.45, 2.75) is 65.0 Å². The molecule has 1 aromatic heterocycles. The number of anilines is 2. The molecule has 1 aromatic carbocycles. The molecular weight excluding hydrogens is 474 g/mol. The van der Waals surface area contributed by atoms with Crippen LogP contribution in [-0.2, 0) is 20.7 Å². The average Bonchev–Trinajstić information content (AvgIpc) is 3.30. The molecule has 198 valence electrons. The number of benzene rings is 1. The Hall–Kier alpha value is -3.95. The van der Waals surface area contributed by atoms with E-state index >= 15 is 0 Å². The van der Waals surface area contributed by atoms with Crippen molar-refractivity contribution in [1.82, 2.24) is 10.3 Å². The maximum absolute atomic E-state index is 12.8. The molecule has 0 bridgehead atoms. The molecule has 2 unspecified atom stereocenters. The first-order chi connectivity index (χ1) is 17.7. The fraction of sp³-hybridized carbons (Fsp3) is 0.444. The van der Waals surface area contributed by atoms with E-state index in [1.807, 2.05) is 13.0 Å². The predicted molar refractivity (Wildman–Crippen MR) is 142 cm³/mol. The van der Waals surface area contributed by atoms with E-state index in [0.717, 1.165) is 11.1 Å². The Balaban J connectivity index is 1.50. The Labute approximate surface area is 216 Å². The summed E-state index contributed by atoms with van der Waals surface area (Å²) < 4.78 is 5.95. The number of carboxylic acid groups (broad SMARTS) is 1. The van der Waals surface area contributed by atoms with E-state index in [2.05, 4.69) is 39.8 Å². The molecule has 0 radical (unpaired) electrons. The molecule has 0 saturated heterocycles. The Kier molecular flexibility index (Phi) is 10.00. The first-order valence-corrected chi connectivity index (χ1v) is 12.5. The number of aliphatic carboxylic acids is 1. The Morgan fingerprint density at radius 2 is 1.89 bits per heavy atom. The van der Waals surface area contributed by atoms with Crippen LogP contribution < -0.4 is 16.0 Å². The number of hydrogen-bond donors (Lipinski definition) is 4. The van der Waals surface area contributed by atoms with E-state index in [4.69, 9.17) is 9.84 Å². The van der Waals surface area contributed by atoms with Gasteiger partial charge in [-0.15, -0.1) is 0 Å². The van der Waals surface area contributed by atoms with Crippen molar-refractivity contribution in [2.24, 2.45) is 10.9 Å². The third kappa shape index (κ3) is 9.21. The smallest absolute Gasteiger partial charge is 0.324 e. The third-order valence-corrected chi connectivity index (χ3v) is 5.81. The lowest BCUT2D eigenvalue weighted by Crippen LogP contribution is -2.43. The number of aromatic nitrogens is 1. The van der Waals surface area contributed by atoms with Gasteiger partial charge in [0.1, 0.15) is 18.0 Å². The maximum Gasteiger partial charge on any atom is 0.324 e. The second-order valence-electron chi connectivity index (χ2n) is 9.58. The van der Waals surface area contributed by atoms with Crippen molar-refractivity contribution in [3.8, 4) is 0 Å². The van der Waals surface area contributed by atoms with Gasteiger partial charge in [0, 0.05) is 18.3 Å². The van der Waals surface area contributed by atoms with Crippen molar-refractivity contribution < 1.29 is 24.2 Å². The minimum absolute atomic E-state index is 0.101. The first kappa shape index (κ1) is 27.6. The number of rotatable bonds is 12. The SMILES string of the molecule is Cc1cccnc1NC(=O)Nc1ccc(CC(=O)NC(CC(C)C)C2=NCC(CCCC(=O)O)O2)cc1. The van der Waals surface area contributed by atoms with Crippen LogP contribution in [0.15, 0.2) is 47.6 Å². The number of carbonyl (C=O) groups excluding carboxylic acids is 2. The normalized spacial score (nSPS) is 15.5. The van der Waals surface area contributed by atoms with Crippen molar-refractivity contribution in [1.29, 1.82) is 0 Å². The number of pyridine rings is 1. The number of carboxylic acids is 1. The van der Waals surface area contributed by atoms with Crippen molar-refractivity contribution in [3.63, 3.8) is 0 Å². The van der Waals surface area contributed by atoms with Gasteiger partial charge in [0.2, 0.25) is 11.8 Å². The number of nitrogens with one attached hydrogen (secondary N) is 3. The Morgan fingerprint density at radius 1 is 1.14 bits per heavy atom. The number of amides is 3. The van der Waals surface area contributed by atoms with Gasteiger partial charge in [-0.1, -0.05) is 32.0 Å². The molecular formula is C27H35N5O5. The van der Waals surface area contributed by atoms with Crippen LogP contribution in [0.4, 0.5) is 16.3 Å². The van der Waals surface area contributed by atoms with Gasteiger partial charge in [-0.25, -0.2) is 14.8 Å². The van der Waals surface area contributed by atoms with E-state index < -0.39 is 12.0 Å². The van der Waals surface area contributed by atoms with Gasteiger partial charge < -0.3 is 20.5 Å². The molecule has 10 nitrogen and oxygen atoms in total. The molecule has 4 N–H and O–H groups in total. The summed E-state index contributed by atoms with van der Waals surface area (Å²) in [7, 11) is 0. The average molecular weight is 510 g/mol. The van der Waals surface area contributed by atoms with Gasteiger partial charge in [-0.05, 0) is 61.4 Å². The number of urea groups is 1. The zero-order valence-corrected chi connectivity index (χ0v) is 21.5. The first-order valence-electron chi connectivity index (χ1n) is 12.5. The zero-order chi connectivity index (χ0) is 26.8. The molecule has 0 spiro atoms. The molecule has 0 saturated carbocycles. The topological polar surface area (TPSA) is 142 Å². The maximum atomic E-state index is 12.8. The van der Waals surface area contributed by atoms with Crippen LogP contribution in [0.5, 0.6) is 0 Å². The van der Waals surface area contributed by atoms with E-state index in [0.29, 0.717) is 49.1 Å². The fourth-order valence-corrected chi connectivity index (χ4v) is 3.98. The number of aliphatic imine (C=N–C) groups is 1. The Morgan fingerprint density at radius 3 is 2.57 bits per heavy atom. The summed E-state index contributed by atoms with van der Waals surface area (Å²) in [5.41, 5.74) is 2.25. The van der Waals surface area contributed by atoms with E-state index in [-0.39, 0.29) is 30.9 Å². The summed E-state index contributed by atoms with van der Waals surface area (Å²) in [6.07, 6.45) is 3.55. The van der Waals surface area contributed by atoms with Crippen LogP contribution in [0.1, 0.15) is 50.7 Å². The monoisotopic (exact) mass is 509 g/mol. The van der Waals surface area contributed by atoms with E-state index in [1.165, 1.54) is 0 Å². The highest BCUT2D eigenvalue weighted by Gasteiger charge is 2.28. The number of hydrogen-bond acceptors (Lipinski definition) is 6. The second-order valence-corrected chi connectivity index (χ2v) is 9.58. The molecule has 0 fully saturated rings. The predicted octanol–water partition coefficient (Wildman–Crippen LogP) is 4.16. The number of carbonyl (C=O) groups is 3. The molecule has 0 aliphatic carbocycles. The number of nitrogens with zero attached hydrogens (tertiary/aromatic N) is 2. The third-order valence-electron chi connectivity index (χ3n) is 5.81. The van der Waals surface area contributed by atoms with Crippen molar-refractivity contribution in [3.05, 3.63) is 53.7 Å². The molecule has 1 aliphatic heterocycles. The summed E-state index contributed by atoms with van der Waals surface area (Å²) in [6, 6.07) is 9.99. The van der Waals surface area contributed by atoms with Crippen LogP contribution in [0.2, 0.25) is 0 Å². The largest absolute Gasteiger partial charge is 0.481 e. The summed E-state index contributed by atoms with van der Waals surface area (Å²) in [5, 5.41) is 17.3. The lowest BCUT2D eigenvalue weighted by Gasteiger charge is -2.22. The zero-order valence-electron chi connectivity index (χ0n) is 21.5. The number of aryl methyl sites for hydroxylation is 1. The molecule has 2 aromatic rings. The summed E-state index contributed by atoms with van der Waals surface area (Å²) in [6.45, 7) is 6.47. The second kappa shape index (κ2) is 13.4. The number of ether oxygens (including phenoxy) is 1. The summed E-state index contributed by atoms with van der Waals surface area (Å²) in [4.78, 5) is 44.5. The van der Waals surface area contributed by atoms with Crippen molar-refractivity contribution in [2.75, 3.05) is 17.2 Å². The minimum atomic E-state index is -0.823. The van der Waals surface area contributed by atoms with Gasteiger partial charge >= 0.3 is 12.0 Å². The standard InChI is InChI=1S/C27H35N5O5/c1-17(2)14-22(26-29-16-21(37-26)7-4-8-24(34)35)31-23(33)15-19-9-11-20(12-10-19)30-27(36)32-25-18(3)6-5-13-28-25/h5-6,9-13,17,21-22H,4,7-8,14-16H2,1-3H3,(H,31,33)(H,34,35)(H2,28,30,32,36). The van der Waals surface area contributed by atoms with E-state index in [1.54, 1.807) is 36.5 Å². The molecule has 2 atom stereocenters. The highest BCUT2D eigenvalue weighted by Crippen LogP contribution is 2.18. The van der Waals surface area contributed by atoms with Crippen LogP contribution in [0.3, 0.4) is 0 Å². The van der Waals surface area contributed by atoms with Gasteiger partial charge in [0.05, 0.1) is 13.0 Å². The molecule has 1 aliphatic rings. The van der Waals surface area contributed by atoms with Crippen LogP contribution in [0, 0.1) is 12.8 Å². The Bertz CT molecular complexity index is 1120. The van der Waals surface area contributed by atoms with E-state index in [9.17, 15) is 14.4 Å². The quantitative estimate of drug-likeness (QED) is 0.338. The summed E-state index contributed by atoms with van der Waals surface area (Å²) in [5.74, 6) is 0.336. The molecule has 3 amide bonds. The lowest BCUT2D eigenvalue weighted by atomic mass is 10.0. The highest BCUT2D eigenvalue weighted by molar-refractivity contribution is 5.99. The molecule has 3 rings (SSSR count). The highest BCUT2D eigenvalue weighted by atomic mass is 16.5. The summed E-state index contributed by atoms with van der Waals surface area (Å²) >= 11 is 0. The fourth-order valence-electron chi connectivity index (χ4n) is 3.98. The van der Waals surface area contributed by atoms with Crippen LogP contribution in [-0.4, -0.2) is 52.6 Å². The minimum Gasteiger partial charge on any atom is -0.481 e. The van der Waals surface area contributed by atoms with Crippen molar-refractivity contribution >= 4 is 35.3 Å². The van der Waals surface area contributed by atoms with Crippen LogP contribution >= 0.6 is 0 Å². The lowest BCUT2D eigenvalue weighted by molar-refractivity contribution is -0.137. The van der Waals surface area contributed by atoms with Gasteiger partial charge in [0.25, 0.3) is 0 Å².